The Bertz CT molecular complexity index is 955. The molecule has 0 aliphatic carbocycles. The quantitative estimate of drug-likeness (QED) is 0.850. The monoisotopic (exact) mass is 372 g/mol. The van der Waals surface area contributed by atoms with Crippen molar-refractivity contribution in [3.63, 3.8) is 0 Å². The normalized spacial score (nSPS) is 21.1. The maximum Gasteiger partial charge on any atom is 0.331 e. The zero-order valence-corrected chi connectivity index (χ0v) is 14.5. The van der Waals surface area contributed by atoms with Crippen LogP contribution in [0.5, 0.6) is 5.88 Å². The van der Waals surface area contributed by atoms with E-state index in [2.05, 4.69) is 15.2 Å². The van der Waals surface area contributed by atoms with Crippen LogP contribution < -0.4 is 4.74 Å². The van der Waals surface area contributed by atoms with Gasteiger partial charge in [0.05, 0.1) is 25.0 Å². The van der Waals surface area contributed by atoms with Crippen molar-refractivity contribution in [2.75, 3.05) is 7.11 Å². The topological polar surface area (TPSA) is 108 Å². The Kier molecular flexibility index (Phi) is 4.14. The fourth-order valence-corrected chi connectivity index (χ4v) is 3.74. The van der Waals surface area contributed by atoms with Crippen molar-refractivity contribution in [2.45, 2.75) is 31.3 Å². The summed E-state index contributed by atoms with van der Waals surface area (Å²) in [7, 11) is 1.43. The van der Waals surface area contributed by atoms with E-state index in [-0.39, 0.29) is 40.8 Å². The second-order valence-electron chi connectivity index (χ2n) is 6.59. The second-order valence-corrected chi connectivity index (χ2v) is 6.59. The molecule has 2 aromatic heterocycles. The number of aliphatic carboxylic acids is 1. The van der Waals surface area contributed by atoms with Crippen molar-refractivity contribution in [1.29, 1.82) is 0 Å². The third-order valence-electron chi connectivity index (χ3n) is 5.03. The lowest BCUT2D eigenvalue weighted by Gasteiger charge is -2.32. The molecule has 0 radical (unpaired) electrons. The standard InChI is InChI=1S/C18H17FN4O4/c1-27-16-6-12(13(19)8-20-16)14-7-15(22-21-14)17(24)23-10-2-3-11(23)5-9(4-10)18(25)26/h4,6-8,10-11H,2-3,5H2,1H3,(H,21,22)(H,25,26)/t10-,11+/m0/s1. The largest absolute Gasteiger partial charge is 0.481 e. The van der Waals surface area contributed by atoms with Crippen LogP contribution in [0.3, 0.4) is 0 Å². The van der Waals surface area contributed by atoms with Gasteiger partial charge in [0.25, 0.3) is 5.91 Å². The number of amides is 1. The van der Waals surface area contributed by atoms with E-state index in [1.165, 1.54) is 19.2 Å². The molecule has 0 saturated carbocycles. The molecule has 9 heteroatoms. The number of nitrogens with one attached hydrogen (secondary N) is 1. The predicted molar refractivity (Wildman–Crippen MR) is 91.6 cm³/mol. The summed E-state index contributed by atoms with van der Waals surface area (Å²) in [5.41, 5.74) is 1.02. The van der Waals surface area contributed by atoms with Crippen molar-refractivity contribution in [1.82, 2.24) is 20.1 Å². The molecule has 2 atom stereocenters. The first-order valence-electron chi connectivity index (χ1n) is 8.50. The molecule has 2 bridgehead atoms. The number of nitrogens with zero attached hydrogens (tertiary/aromatic N) is 3. The third kappa shape index (κ3) is 2.94. The van der Waals surface area contributed by atoms with Crippen molar-refractivity contribution < 1.29 is 23.8 Å². The first-order chi connectivity index (χ1) is 13.0. The van der Waals surface area contributed by atoms with Crippen LogP contribution >= 0.6 is 0 Å². The number of carboxylic acids is 1. The summed E-state index contributed by atoms with van der Waals surface area (Å²) in [5, 5.41) is 15.9. The van der Waals surface area contributed by atoms with Gasteiger partial charge in [-0.2, -0.15) is 5.10 Å². The van der Waals surface area contributed by atoms with Crippen LogP contribution in [0.2, 0.25) is 0 Å². The molecular formula is C18H17FN4O4. The molecule has 1 amide bonds. The highest BCUT2D eigenvalue weighted by Crippen LogP contribution is 2.36. The molecular weight excluding hydrogens is 355 g/mol. The van der Waals surface area contributed by atoms with E-state index in [1.54, 1.807) is 11.0 Å². The maximum absolute atomic E-state index is 14.1. The number of pyridine rings is 1. The summed E-state index contributed by atoms with van der Waals surface area (Å²) in [5.74, 6) is -1.55. The summed E-state index contributed by atoms with van der Waals surface area (Å²) in [6, 6.07) is 2.50. The highest BCUT2D eigenvalue weighted by atomic mass is 19.1. The summed E-state index contributed by atoms with van der Waals surface area (Å²) in [6.45, 7) is 0. The molecule has 1 saturated heterocycles. The minimum absolute atomic E-state index is 0.150. The summed E-state index contributed by atoms with van der Waals surface area (Å²) >= 11 is 0. The molecule has 2 aliphatic heterocycles. The molecule has 8 nitrogen and oxygen atoms in total. The van der Waals surface area contributed by atoms with Gasteiger partial charge >= 0.3 is 5.97 Å². The zero-order valence-electron chi connectivity index (χ0n) is 14.5. The number of carboxylic acid groups (broad SMARTS) is 1. The number of carbonyl (C=O) groups excluding carboxylic acids is 1. The van der Waals surface area contributed by atoms with E-state index in [0.717, 1.165) is 19.0 Å². The SMILES string of the molecule is COc1cc(-c2cc(C(=O)N3[C@@H]4CC[C@H]3C=C(C(=O)O)C4)[nH]n2)c(F)cn1. The average Bonchev–Trinajstić information content (AvgIpc) is 3.24. The number of halogens is 1. The van der Waals surface area contributed by atoms with E-state index < -0.39 is 11.8 Å². The minimum atomic E-state index is -0.940. The van der Waals surface area contributed by atoms with Gasteiger partial charge in [-0.05, 0) is 25.3 Å². The number of aromatic nitrogens is 3. The molecule has 0 aromatic carbocycles. The number of H-pyrrole nitrogens is 1. The number of hydrogen-bond acceptors (Lipinski definition) is 5. The predicted octanol–water partition coefficient (Wildman–Crippen LogP) is 2.01. The molecule has 2 N–H and O–H groups in total. The van der Waals surface area contributed by atoms with Gasteiger partial charge in [0.2, 0.25) is 5.88 Å². The lowest BCUT2D eigenvalue weighted by molar-refractivity contribution is -0.133. The Morgan fingerprint density at radius 2 is 2.19 bits per heavy atom. The van der Waals surface area contributed by atoms with Crippen LogP contribution in [0, 0.1) is 5.82 Å². The van der Waals surface area contributed by atoms with Gasteiger partial charge < -0.3 is 14.7 Å². The van der Waals surface area contributed by atoms with Gasteiger partial charge in [-0.15, -0.1) is 0 Å². The number of aromatic amines is 1. The van der Waals surface area contributed by atoms with E-state index in [4.69, 9.17) is 4.74 Å². The van der Waals surface area contributed by atoms with Crippen molar-refractivity contribution in [2.24, 2.45) is 0 Å². The number of hydrogen-bond donors (Lipinski definition) is 2. The van der Waals surface area contributed by atoms with Crippen LogP contribution in [0.4, 0.5) is 4.39 Å². The maximum atomic E-state index is 14.1. The molecule has 4 rings (SSSR count). The summed E-state index contributed by atoms with van der Waals surface area (Å²) in [6.07, 6.45) is 4.49. The van der Waals surface area contributed by atoms with Crippen molar-refractivity contribution >= 4 is 11.9 Å². The average molecular weight is 372 g/mol. The van der Waals surface area contributed by atoms with Gasteiger partial charge in [-0.1, -0.05) is 6.08 Å². The highest BCUT2D eigenvalue weighted by molar-refractivity contribution is 5.95. The van der Waals surface area contributed by atoms with Crippen molar-refractivity contribution in [3.05, 3.63) is 41.5 Å². The smallest absolute Gasteiger partial charge is 0.331 e. The van der Waals surface area contributed by atoms with Gasteiger partial charge in [0.15, 0.2) is 5.82 Å². The van der Waals surface area contributed by atoms with Gasteiger partial charge in [-0.25, -0.2) is 14.2 Å². The summed E-state index contributed by atoms with van der Waals surface area (Å²) < 4.78 is 19.1. The Labute approximate surface area is 153 Å². The van der Waals surface area contributed by atoms with Crippen LogP contribution in [-0.4, -0.2) is 56.3 Å². The molecule has 0 unspecified atom stereocenters. The minimum Gasteiger partial charge on any atom is -0.481 e. The molecule has 2 aromatic rings. The Hall–Kier alpha value is -3.23. The zero-order chi connectivity index (χ0) is 19.1. The first kappa shape index (κ1) is 17.2. The van der Waals surface area contributed by atoms with Gasteiger partial charge in [0.1, 0.15) is 5.69 Å². The van der Waals surface area contributed by atoms with Crippen molar-refractivity contribution in [3.8, 4) is 17.1 Å². The number of rotatable bonds is 4. The van der Waals surface area contributed by atoms with Crippen LogP contribution in [0.25, 0.3) is 11.3 Å². The Morgan fingerprint density at radius 1 is 1.37 bits per heavy atom. The number of methoxy groups -OCH3 is 1. The van der Waals surface area contributed by atoms with Gasteiger partial charge in [-0.3, -0.25) is 9.89 Å². The highest BCUT2D eigenvalue weighted by Gasteiger charge is 2.41. The molecule has 4 heterocycles. The molecule has 140 valence electrons. The number of ether oxygens (including phenoxy) is 1. The number of carbonyl (C=O) groups is 2. The lowest BCUT2D eigenvalue weighted by Crippen LogP contribution is -2.44. The van der Waals surface area contributed by atoms with Gasteiger partial charge in [0, 0.05) is 23.2 Å². The fourth-order valence-electron chi connectivity index (χ4n) is 3.74. The van der Waals surface area contributed by atoms with E-state index in [9.17, 15) is 19.1 Å². The number of fused-ring (bicyclic) bond motifs is 2. The molecule has 2 aliphatic rings. The van der Waals surface area contributed by atoms with E-state index in [1.807, 2.05) is 0 Å². The van der Waals surface area contributed by atoms with E-state index in [0.29, 0.717) is 12.0 Å². The van der Waals surface area contributed by atoms with E-state index >= 15 is 0 Å². The van der Waals surface area contributed by atoms with Crippen LogP contribution in [-0.2, 0) is 4.79 Å². The fraction of sp³-hybridized carbons (Fsp3) is 0.333. The Morgan fingerprint density at radius 3 is 2.89 bits per heavy atom. The van der Waals surface area contributed by atoms with Crippen LogP contribution in [0.1, 0.15) is 29.8 Å². The lowest BCUT2D eigenvalue weighted by atomic mass is 10.0. The third-order valence-corrected chi connectivity index (χ3v) is 5.03. The Balaban J connectivity index is 1.61. The molecule has 27 heavy (non-hydrogen) atoms. The second kappa shape index (κ2) is 6.49. The van der Waals surface area contributed by atoms with Crippen LogP contribution in [0.15, 0.2) is 30.0 Å². The summed E-state index contributed by atoms with van der Waals surface area (Å²) in [4.78, 5) is 29.6. The molecule has 0 spiro atoms. The first-order valence-corrected chi connectivity index (χ1v) is 8.50. The molecule has 1 fully saturated rings.